The van der Waals surface area contributed by atoms with Crippen LogP contribution in [0.3, 0.4) is 0 Å². The summed E-state index contributed by atoms with van der Waals surface area (Å²) < 4.78 is 23.1. The predicted molar refractivity (Wildman–Crippen MR) is 107 cm³/mol. The number of primary sulfonamides is 1. The van der Waals surface area contributed by atoms with Gasteiger partial charge in [-0.1, -0.05) is 12.2 Å². The maximum Gasteiger partial charge on any atom is 0.247 e. The summed E-state index contributed by atoms with van der Waals surface area (Å²) in [4.78, 5) is 9.40. The smallest absolute Gasteiger partial charge is 0.247 e. The Morgan fingerprint density at radius 1 is 1.39 bits per heavy atom. The molecule has 1 fully saturated rings. The molecule has 0 radical (unpaired) electrons. The summed E-state index contributed by atoms with van der Waals surface area (Å²) >= 11 is 1.00. The predicted octanol–water partition coefficient (Wildman–Crippen LogP) is 2.20. The van der Waals surface area contributed by atoms with Crippen LogP contribution in [0.4, 0.5) is 11.6 Å². The molecule has 5 N–H and O–H groups in total. The molecule has 146 valence electrons. The number of sulfonamides is 1. The minimum atomic E-state index is -3.77. The number of hydrogen-bond donors (Lipinski definition) is 4. The number of H-pyrrole nitrogens is 1. The maximum absolute atomic E-state index is 11.5. The van der Waals surface area contributed by atoms with Crippen LogP contribution in [0.25, 0.3) is 16.8 Å². The standard InChI is InChI=1S/C17H18N6O3S2/c18-28(25,26)15-6-5-13(27-15)17-19-9-11(2-1-7-24)16(21-17)20-14-8-12(22-23-14)10-3-4-10/h1-2,5-6,8-10,24H,3-4,7H2,(H2,18,25,26)(H2,19,20,21,22,23)/b2-1+. The zero-order valence-corrected chi connectivity index (χ0v) is 16.3. The lowest BCUT2D eigenvalue weighted by Gasteiger charge is -2.07. The topological polar surface area (TPSA) is 147 Å². The number of anilines is 2. The van der Waals surface area contributed by atoms with E-state index in [4.69, 9.17) is 10.2 Å². The molecule has 0 atom stereocenters. The zero-order chi connectivity index (χ0) is 19.7. The van der Waals surface area contributed by atoms with Crippen molar-refractivity contribution in [2.45, 2.75) is 23.0 Å². The van der Waals surface area contributed by atoms with Gasteiger partial charge in [0.15, 0.2) is 11.6 Å². The number of nitrogens with zero attached hydrogens (tertiary/aromatic N) is 3. The quantitative estimate of drug-likeness (QED) is 0.460. The Bertz CT molecular complexity index is 1130. The molecule has 11 heteroatoms. The summed E-state index contributed by atoms with van der Waals surface area (Å²) in [6.45, 7) is -0.113. The molecule has 1 aliphatic carbocycles. The number of aromatic nitrogens is 4. The van der Waals surface area contributed by atoms with E-state index in [2.05, 4.69) is 25.5 Å². The number of nitrogens with one attached hydrogen (secondary N) is 2. The van der Waals surface area contributed by atoms with Crippen molar-refractivity contribution in [2.75, 3.05) is 11.9 Å². The second kappa shape index (κ2) is 7.43. The fraction of sp³-hybridized carbons (Fsp3) is 0.235. The van der Waals surface area contributed by atoms with Crippen molar-refractivity contribution in [1.29, 1.82) is 0 Å². The highest BCUT2D eigenvalue weighted by atomic mass is 32.2. The van der Waals surface area contributed by atoms with Gasteiger partial charge in [-0.3, -0.25) is 5.10 Å². The van der Waals surface area contributed by atoms with Crippen LogP contribution in [0, 0.1) is 0 Å². The highest BCUT2D eigenvalue weighted by Crippen LogP contribution is 2.39. The van der Waals surface area contributed by atoms with Crippen LogP contribution in [0.2, 0.25) is 0 Å². The first kappa shape index (κ1) is 18.7. The summed E-state index contributed by atoms with van der Waals surface area (Å²) in [6.07, 6.45) is 7.20. The molecule has 0 saturated heterocycles. The molecule has 1 aliphatic rings. The first-order valence-corrected chi connectivity index (χ1v) is 10.9. The number of rotatable bonds is 7. The first-order chi connectivity index (χ1) is 13.4. The molecule has 3 heterocycles. The molecule has 0 aliphatic heterocycles. The van der Waals surface area contributed by atoms with Crippen LogP contribution >= 0.6 is 11.3 Å². The van der Waals surface area contributed by atoms with E-state index >= 15 is 0 Å². The van der Waals surface area contributed by atoms with Gasteiger partial charge in [-0.25, -0.2) is 23.5 Å². The Morgan fingerprint density at radius 2 is 2.21 bits per heavy atom. The lowest BCUT2D eigenvalue weighted by atomic mass is 10.2. The van der Waals surface area contributed by atoms with Crippen molar-refractivity contribution >= 4 is 39.1 Å². The highest BCUT2D eigenvalue weighted by molar-refractivity contribution is 7.91. The van der Waals surface area contributed by atoms with Crippen molar-refractivity contribution in [2.24, 2.45) is 5.14 Å². The van der Waals surface area contributed by atoms with Gasteiger partial charge in [0.25, 0.3) is 0 Å². The van der Waals surface area contributed by atoms with Crippen molar-refractivity contribution in [3.8, 4) is 10.7 Å². The van der Waals surface area contributed by atoms with Crippen molar-refractivity contribution < 1.29 is 13.5 Å². The van der Waals surface area contributed by atoms with Gasteiger partial charge in [0.2, 0.25) is 10.0 Å². The van der Waals surface area contributed by atoms with Gasteiger partial charge in [-0.15, -0.1) is 11.3 Å². The molecule has 9 nitrogen and oxygen atoms in total. The Hall–Kier alpha value is -2.60. The first-order valence-electron chi connectivity index (χ1n) is 8.54. The van der Waals surface area contributed by atoms with Crippen LogP contribution < -0.4 is 10.5 Å². The number of thiophene rings is 1. The third kappa shape index (κ3) is 4.12. The normalized spacial score (nSPS) is 14.6. The van der Waals surface area contributed by atoms with E-state index in [1.807, 2.05) is 6.07 Å². The van der Waals surface area contributed by atoms with E-state index in [9.17, 15) is 8.42 Å². The van der Waals surface area contributed by atoms with Crippen molar-refractivity contribution in [3.05, 3.63) is 41.7 Å². The minimum Gasteiger partial charge on any atom is -0.392 e. The fourth-order valence-corrected chi connectivity index (χ4v) is 4.30. The van der Waals surface area contributed by atoms with Gasteiger partial charge in [-0.05, 0) is 25.0 Å². The molecular formula is C17H18N6O3S2. The van der Waals surface area contributed by atoms with Crippen LogP contribution in [-0.4, -0.2) is 40.3 Å². The van der Waals surface area contributed by atoms with Crippen LogP contribution in [0.5, 0.6) is 0 Å². The maximum atomic E-state index is 11.5. The van der Waals surface area contributed by atoms with E-state index in [0.717, 1.165) is 29.9 Å². The molecular weight excluding hydrogens is 400 g/mol. The van der Waals surface area contributed by atoms with E-state index in [1.165, 1.54) is 6.07 Å². The molecule has 4 rings (SSSR count). The molecule has 0 spiro atoms. The number of aliphatic hydroxyl groups is 1. The van der Waals surface area contributed by atoms with Gasteiger partial charge in [0.1, 0.15) is 10.0 Å². The number of aromatic amines is 1. The summed E-state index contributed by atoms with van der Waals surface area (Å²) in [6, 6.07) is 5.00. The zero-order valence-electron chi connectivity index (χ0n) is 14.7. The Balaban J connectivity index is 1.68. The summed E-state index contributed by atoms with van der Waals surface area (Å²) in [5.74, 6) is 2.03. The summed E-state index contributed by atoms with van der Waals surface area (Å²) in [5.41, 5.74) is 1.75. The summed E-state index contributed by atoms with van der Waals surface area (Å²) in [7, 11) is -3.77. The van der Waals surface area contributed by atoms with Crippen LogP contribution in [-0.2, 0) is 10.0 Å². The highest BCUT2D eigenvalue weighted by Gasteiger charge is 2.25. The molecule has 1 saturated carbocycles. The summed E-state index contributed by atoms with van der Waals surface area (Å²) in [5, 5.41) is 24.7. The van der Waals surface area contributed by atoms with Crippen LogP contribution in [0.15, 0.2) is 34.7 Å². The SMILES string of the molecule is NS(=O)(=O)c1ccc(-c2ncc(/C=C/CO)c(Nc3cc(C4CC4)[nH]n3)n2)s1. The largest absolute Gasteiger partial charge is 0.392 e. The van der Waals surface area contributed by atoms with Crippen LogP contribution in [0.1, 0.15) is 30.0 Å². The van der Waals surface area contributed by atoms with Crippen molar-refractivity contribution in [1.82, 2.24) is 20.2 Å². The Labute approximate surface area is 165 Å². The monoisotopic (exact) mass is 418 g/mol. The lowest BCUT2D eigenvalue weighted by Crippen LogP contribution is -2.09. The fourth-order valence-electron chi connectivity index (χ4n) is 2.63. The van der Waals surface area contributed by atoms with Gasteiger partial charge < -0.3 is 10.4 Å². The molecule has 28 heavy (non-hydrogen) atoms. The number of aliphatic hydroxyl groups excluding tert-OH is 1. The molecule has 0 bridgehead atoms. The van der Waals surface area contributed by atoms with E-state index in [-0.39, 0.29) is 10.8 Å². The third-order valence-electron chi connectivity index (χ3n) is 4.16. The molecule has 3 aromatic rings. The van der Waals surface area contributed by atoms with Gasteiger partial charge >= 0.3 is 0 Å². The second-order valence-corrected chi connectivity index (χ2v) is 9.23. The van der Waals surface area contributed by atoms with E-state index < -0.39 is 10.0 Å². The Morgan fingerprint density at radius 3 is 2.89 bits per heavy atom. The van der Waals surface area contributed by atoms with Crippen molar-refractivity contribution in [3.63, 3.8) is 0 Å². The molecule has 0 unspecified atom stereocenters. The minimum absolute atomic E-state index is 0.0474. The number of nitrogens with two attached hydrogens (primary N) is 1. The van der Waals surface area contributed by atoms with E-state index in [1.54, 1.807) is 24.4 Å². The molecule has 0 aromatic carbocycles. The number of hydrogen-bond acceptors (Lipinski definition) is 8. The van der Waals surface area contributed by atoms with E-state index in [0.29, 0.717) is 33.8 Å². The molecule has 0 amide bonds. The average Bonchev–Trinajstić information content (AvgIpc) is 3.18. The second-order valence-electron chi connectivity index (χ2n) is 6.35. The van der Waals surface area contributed by atoms with Gasteiger partial charge in [0.05, 0.1) is 11.5 Å². The Kier molecular flexibility index (Phi) is 4.98. The average molecular weight is 419 g/mol. The van der Waals surface area contributed by atoms with Gasteiger partial charge in [0, 0.05) is 29.4 Å². The van der Waals surface area contributed by atoms with Gasteiger partial charge in [-0.2, -0.15) is 5.10 Å². The molecule has 3 aromatic heterocycles. The lowest BCUT2D eigenvalue weighted by molar-refractivity contribution is 0.343. The third-order valence-corrected chi connectivity index (χ3v) is 6.68.